The summed E-state index contributed by atoms with van der Waals surface area (Å²) in [6.45, 7) is 2.09. The van der Waals surface area contributed by atoms with Gasteiger partial charge in [-0.15, -0.1) is 0 Å². The van der Waals surface area contributed by atoms with Crippen LogP contribution in [-0.2, 0) is 0 Å². The number of anilines is 2. The molecule has 0 spiro atoms. The Kier molecular flexibility index (Phi) is 5.90. The number of aliphatic imine (C=N–C) groups is 1. The van der Waals surface area contributed by atoms with Crippen LogP contribution in [0.4, 0.5) is 28.4 Å². The van der Waals surface area contributed by atoms with Crippen LogP contribution in [0.3, 0.4) is 0 Å². The molecular weight excluding hydrogens is 531 g/mol. The molecule has 0 radical (unpaired) electrons. The van der Waals surface area contributed by atoms with Gasteiger partial charge in [-0.1, -0.05) is 6.07 Å². The summed E-state index contributed by atoms with van der Waals surface area (Å²) < 4.78 is 11.7. The van der Waals surface area contributed by atoms with Crippen LogP contribution in [0.5, 0.6) is 11.5 Å². The first-order valence-electron chi connectivity index (χ1n) is 9.25. The summed E-state index contributed by atoms with van der Waals surface area (Å²) in [4.78, 5) is 25.5. The highest BCUT2D eigenvalue weighted by Crippen LogP contribution is 2.36. The van der Waals surface area contributed by atoms with Crippen molar-refractivity contribution >= 4 is 57.2 Å². The minimum atomic E-state index is -0.674. The molecule has 0 fully saturated rings. The van der Waals surface area contributed by atoms with Gasteiger partial charge < -0.3 is 14.8 Å². The number of ether oxygens (including phenoxy) is 2. The first-order chi connectivity index (χ1) is 15.3. The summed E-state index contributed by atoms with van der Waals surface area (Å²) in [6, 6.07) is 12.5. The van der Waals surface area contributed by atoms with Crippen molar-refractivity contribution in [2.45, 2.75) is 6.92 Å². The third-order valence-corrected chi connectivity index (χ3v) is 5.65. The van der Waals surface area contributed by atoms with Crippen LogP contribution in [-0.4, -0.2) is 22.9 Å². The summed E-state index contributed by atoms with van der Waals surface area (Å²) in [5.41, 5.74) is 2.38. The lowest BCUT2D eigenvalue weighted by molar-refractivity contribution is -0.393. The fourth-order valence-electron chi connectivity index (χ4n) is 3.04. The zero-order valence-corrected chi connectivity index (χ0v) is 18.7. The largest absolute Gasteiger partial charge is 0.454 e. The lowest BCUT2D eigenvalue weighted by Gasteiger charge is -2.09. The Morgan fingerprint density at radius 3 is 2.50 bits per heavy atom. The number of aryl methyl sites for hydroxylation is 1. The van der Waals surface area contributed by atoms with E-state index in [2.05, 4.69) is 32.9 Å². The number of halogens is 1. The quantitative estimate of drug-likeness (QED) is 0.183. The number of rotatable bonds is 6. The third-order valence-electron chi connectivity index (χ3n) is 4.71. The first kappa shape index (κ1) is 21.5. The SMILES string of the molecule is Cc1ccc(Nc2ccc([N+](=O)[O-])cc2[N+](=O)[O-])cc1N=Cc1cc2c(cc1I)OCO2. The standard InChI is InChI=1S/C21H15IN4O6/c1-12-2-3-14(24-17-5-4-15(25(27)28)8-19(17)26(29)30)7-18(12)23-10-13-6-20-21(9-16(13)22)32-11-31-20/h2-10,24H,11H2,1H3. The molecule has 162 valence electrons. The zero-order valence-electron chi connectivity index (χ0n) is 16.6. The number of benzene rings is 3. The second-order valence-electron chi connectivity index (χ2n) is 6.83. The molecule has 0 unspecified atom stereocenters. The first-order valence-corrected chi connectivity index (χ1v) is 10.3. The molecule has 1 aliphatic rings. The minimum Gasteiger partial charge on any atom is -0.454 e. The van der Waals surface area contributed by atoms with Gasteiger partial charge in [0.25, 0.3) is 11.4 Å². The number of nitro groups is 2. The van der Waals surface area contributed by atoms with Gasteiger partial charge >= 0.3 is 0 Å². The van der Waals surface area contributed by atoms with E-state index in [1.807, 2.05) is 25.1 Å². The van der Waals surface area contributed by atoms with E-state index < -0.39 is 9.85 Å². The van der Waals surface area contributed by atoms with Crippen LogP contribution in [0.2, 0.25) is 0 Å². The van der Waals surface area contributed by atoms with Crippen molar-refractivity contribution < 1.29 is 19.3 Å². The van der Waals surface area contributed by atoms with E-state index in [4.69, 9.17) is 9.47 Å². The van der Waals surface area contributed by atoms with Crippen LogP contribution in [0.25, 0.3) is 0 Å². The summed E-state index contributed by atoms with van der Waals surface area (Å²) >= 11 is 2.19. The molecule has 0 amide bonds. The van der Waals surface area contributed by atoms with Gasteiger partial charge in [0, 0.05) is 27.1 Å². The molecule has 32 heavy (non-hydrogen) atoms. The molecule has 1 N–H and O–H groups in total. The predicted molar refractivity (Wildman–Crippen MR) is 127 cm³/mol. The fraction of sp³-hybridized carbons (Fsp3) is 0.0952. The Balaban J connectivity index is 1.62. The molecule has 0 saturated heterocycles. The Bertz CT molecular complexity index is 1280. The van der Waals surface area contributed by atoms with Crippen LogP contribution < -0.4 is 14.8 Å². The fourth-order valence-corrected chi connectivity index (χ4v) is 3.62. The van der Waals surface area contributed by atoms with E-state index in [0.29, 0.717) is 22.9 Å². The smallest absolute Gasteiger partial charge is 0.299 e. The highest BCUT2D eigenvalue weighted by molar-refractivity contribution is 14.1. The minimum absolute atomic E-state index is 0.143. The van der Waals surface area contributed by atoms with Crippen molar-refractivity contribution in [3.05, 3.63) is 83.5 Å². The van der Waals surface area contributed by atoms with Crippen molar-refractivity contribution in [1.82, 2.24) is 0 Å². The van der Waals surface area contributed by atoms with Crippen LogP contribution >= 0.6 is 22.6 Å². The number of nitrogens with one attached hydrogen (secondary N) is 1. The van der Waals surface area contributed by atoms with Crippen molar-refractivity contribution in [1.29, 1.82) is 0 Å². The van der Waals surface area contributed by atoms with Crippen molar-refractivity contribution in [2.75, 3.05) is 12.1 Å². The summed E-state index contributed by atoms with van der Waals surface area (Å²) in [6.07, 6.45) is 1.71. The molecule has 0 aliphatic carbocycles. The van der Waals surface area contributed by atoms with Gasteiger partial charge in [-0.05, 0) is 65.4 Å². The molecule has 4 rings (SSSR count). The Morgan fingerprint density at radius 1 is 1.03 bits per heavy atom. The molecule has 0 aromatic heterocycles. The van der Waals surface area contributed by atoms with Gasteiger partial charge in [0.15, 0.2) is 11.5 Å². The van der Waals surface area contributed by atoms with Crippen molar-refractivity contribution in [2.24, 2.45) is 4.99 Å². The van der Waals surface area contributed by atoms with Crippen LogP contribution in [0.1, 0.15) is 11.1 Å². The summed E-state index contributed by atoms with van der Waals surface area (Å²) in [5.74, 6) is 1.35. The average molecular weight is 546 g/mol. The monoisotopic (exact) mass is 546 g/mol. The Labute approximate surface area is 195 Å². The van der Waals surface area contributed by atoms with Gasteiger partial charge in [-0.2, -0.15) is 0 Å². The zero-order chi connectivity index (χ0) is 22.8. The van der Waals surface area contributed by atoms with Gasteiger partial charge in [0.05, 0.1) is 21.6 Å². The van der Waals surface area contributed by atoms with E-state index in [0.717, 1.165) is 20.8 Å². The summed E-state index contributed by atoms with van der Waals surface area (Å²) in [7, 11) is 0. The van der Waals surface area contributed by atoms with Gasteiger partial charge in [-0.3, -0.25) is 25.2 Å². The molecule has 0 saturated carbocycles. The number of nitro benzene ring substituents is 2. The normalized spacial score (nSPS) is 12.2. The lowest BCUT2D eigenvalue weighted by Crippen LogP contribution is -1.99. The molecule has 1 aliphatic heterocycles. The van der Waals surface area contributed by atoms with E-state index in [1.165, 1.54) is 12.1 Å². The maximum Gasteiger partial charge on any atom is 0.299 e. The van der Waals surface area contributed by atoms with Crippen LogP contribution in [0.15, 0.2) is 53.5 Å². The molecule has 3 aromatic rings. The Morgan fingerprint density at radius 2 is 1.78 bits per heavy atom. The lowest BCUT2D eigenvalue weighted by atomic mass is 10.1. The third kappa shape index (κ3) is 4.46. The molecule has 0 atom stereocenters. The highest BCUT2D eigenvalue weighted by Gasteiger charge is 2.20. The topological polar surface area (TPSA) is 129 Å². The van der Waals surface area contributed by atoms with Gasteiger partial charge in [0.1, 0.15) is 5.69 Å². The second kappa shape index (κ2) is 8.78. The Hall–Kier alpha value is -3.74. The molecule has 0 bridgehead atoms. The summed E-state index contributed by atoms with van der Waals surface area (Å²) in [5, 5.41) is 25.3. The van der Waals surface area contributed by atoms with Crippen molar-refractivity contribution in [3.63, 3.8) is 0 Å². The maximum absolute atomic E-state index is 11.4. The molecule has 1 heterocycles. The second-order valence-corrected chi connectivity index (χ2v) is 7.99. The van der Waals surface area contributed by atoms with E-state index in [9.17, 15) is 20.2 Å². The van der Waals surface area contributed by atoms with E-state index in [-0.39, 0.29) is 23.9 Å². The molecule has 3 aromatic carbocycles. The molecule has 10 nitrogen and oxygen atoms in total. The van der Waals surface area contributed by atoms with Gasteiger partial charge in [-0.25, -0.2) is 0 Å². The molecular formula is C21H15IN4O6. The van der Waals surface area contributed by atoms with E-state index >= 15 is 0 Å². The highest BCUT2D eigenvalue weighted by atomic mass is 127. The predicted octanol–water partition coefficient (Wildman–Crippen LogP) is 5.64. The number of non-ortho nitro benzene ring substituents is 1. The van der Waals surface area contributed by atoms with Crippen molar-refractivity contribution in [3.8, 4) is 11.5 Å². The number of hydrogen-bond donors (Lipinski definition) is 1. The van der Waals surface area contributed by atoms with E-state index in [1.54, 1.807) is 18.3 Å². The van der Waals surface area contributed by atoms with Crippen LogP contribution in [0, 0.1) is 30.7 Å². The molecule has 11 heteroatoms. The number of nitrogens with zero attached hydrogens (tertiary/aromatic N) is 3. The number of hydrogen-bond acceptors (Lipinski definition) is 8. The average Bonchev–Trinajstić information content (AvgIpc) is 3.21. The maximum atomic E-state index is 11.4. The number of fused-ring (bicyclic) bond motifs is 1. The van der Waals surface area contributed by atoms with Gasteiger partial charge in [0.2, 0.25) is 6.79 Å².